The zero-order valence-electron chi connectivity index (χ0n) is 12.0. The third kappa shape index (κ3) is 3.03. The second kappa shape index (κ2) is 5.55. The molecule has 0 saturated carbocycles. The average Bonchev–Trinajstić information content (AvgIpc) is 2.34. The first-order valence-electron chi connectivity index (χ1n) is 6.13. The lowest BCUT2D eigenvalue weighted by molar-refractivity contribution is -0.164. The van der Waals surface area contributed by atoms with Gasteiger partial charge in [0.2, 0.25) is 0 Å². The van der Waals surface area contributed by atoms with Crippen molar-refractivity contribution in [1.29, 1.82) is 0 Å². The van der Waals surface area contributed by atoms with Crippen molar-refractivity contribution < 1.29 is 23.9 Å². The summed E-state index contributed by atoms with van der Waals surface area (Å²) < 4.78 is 9.34. The summed E-state index contributed by atoms with van der Waals surface area (Å²) in [5, 5.41) is 0. The van der Waals surface area contributed by atoms with E-state index in [1.165, 1.54) is 14.2 Å². The summed E-state index contributed by atoms with van der Waals surface area (Å²) in [4.78, 5) is 35.5. The van der Waals surface area contributed by atoms with Crippen LogP contribution < -0.4 is 0 Å². The number of carbonyl (C=O) groups is 3. The molecule has 19 heavy (non-hydrogen) atoms. The van der Waals surface area contributed by atoms with Crippen LogP contribution in [0.2, 0.25) is 0 Å². The number of allylic oxidation sites excluding steroid dienone is 2. The Morgan fingerprint density at radius 3 is 2.16 bits per heavy atom. The largest absolute Gasteiger partial charge is 0.468 e. The summed E-state index contributed by atoms with van der Waals surface area (Å²) in [7, 11) is 2.44. The zero-order valence-corrected chi connectivity index (χ0v) is 12.0. The van der Waals surface area contributed by atoms with Gasteiger partial charge in [0.1, 0.15) is 0 Å². The Labute approximate surface area is 112 Å². The fraction of sp³-hybridized carbons (Fsp3) is 0.643. The summed E-state index contributed by atoms with van der Waals surface area (Å²) in [5.41, 5.74) is 0.208. The summed E-state index contributed by atoms with van der Waals surface area (Å²) in [5.74, 6) is -2.90. The Balaban J connectivity index is 3.19. The minimum absolute atomic E-state index is 0.0536. The van der Waals surface area contributed by atoms with Gasteiger partial charge in [-0.15, -0.1) is 0 Å². The molecule has 0 aromatic heterocycles. The molecule has 0 aromatic rings. The van der Waals surface area contributed by atoms with Gasteiger partial charge in [-0.1, -0.05) is 19.9 Å². The molecule has 1 aliphatic carbocycles. The highest BCUT2D eigenvalue weighted by atomic mass is 16.5. The monoisotopic (exact) mass is 268 g/mol. The third-order valence-electron chi connectivity index (χ3n) is 3.70. The summed E-state index contributed by atoms with van der Waals surface area (Å²) in [6.07, 6.45) is 1.95. The number of hydrogen-bond acceptors (Lipinski definition) is 5. The van der Waals surface area contributed by atoms with Crippen LogP contribution in [0, 0.1) is 17.3 Å². The van der Waals surface area contributed by atoms with Gasteiger partial charge in [-0.3, -0.25) is 14.4 Å². The molecule has 1 unspecified atom stereocenters. The van der Waals surface area contributed by atoms with Crippen LogP contribution in [0.3, 0.4) is 0 Å². The van der Waals surface area contributed by atoms with Gasteiger partial charge in [0.25, 0.3) is 0 Å². The van der Waals surface area contributed by atoms with Crippen LogP contribution in [0.5, 0.6) is 0 Å². The molecule has 0 saturated heterocycles. The zero-order chi connectivity index (χ0) is 14.8. The molecule has 5 nitrogen and oxygen atoms in total. The maximum absolute atomic E-state index is 11.8. The molecule has 0 aromatic carbocycles. The van der Waals surface area contributed by atoms with Crippen molar-refractivity contribution in [2.75, 3.05) is 14.2 Å². The molecule has 0 N–H and O–H groups in total. The molecule has 1 atom stereocenters. The summed E-state index contributed by atoms with van der Waals surface area (Å²) in [6.45, 7) is 5.53. The van der Waals surface area contributed by atoms with Gasteiger partial charge in [0.15, 0.2) is 11.7 Å². The molecule has 0 radical (unpaired) electrons. The van der Waals surface area contributed by atoms with Crippen LogP contribution in [-0.4, -0.2) is 31.9 Å². The molecule has 0 aliphatic heterocycles. The van der Waals surface area contributed by atoms with E-state index in [0.29, 0.717) is 5.57 Å². The minimum Gasteiger partial charge on any atom is -0.468 e. The van der Waals surface area contributed by atoms with Gasteiger partial charge in [-0.25, -0.2) is 0 Å². The van der Waals surface area contributed by atoms with E-state index in [1.54, 1.807) is 6.92 Å². The highest BCUT2D eigenvalue weighted by Crippen LogP contribution is 2.42. The number of ether oxygens (including phenoxy) is 2. The second-order valence-corrected chi connectivity index (χ2v) is 5.41. The molecular weight excluding hydrogens is 248 g/mol. The van der Waals surface area contributed by atoms with E-state index in [1.807, 2.05) is 19.9 Å². The van der Waals surface area contributed by atoms with Gasteiger partial charge in [-0.05, 0) is 23.8 Å². The van der Waals surface area contributed by atoms with Crippen LogP contribution in [0.1, 0.15) is 27.2 Å². The van der Waals surface area contributed by atoms with E-state index in [-0.39, 0.29) is 12.2 Å². The number of ketones is 1. The Bertz CT molecular complexity index is 417. The maximum Gasteiger partial charge on any atom is 0.320 e. The molecule has 5 heteroatoms. The van der Waals surface area contributed by atoms with Gasteiger partial charge < -0.3 is 9.47 Å². The van der Waals surface area contributed by atoms with Crippen molar-refractivity contribution in [3.8, 4) is 0 Å². The van der Waals surface area contributed by atoms with E-state index in [9.17, 15) is 14.4 Å². The lowest BCUT2D eigenvalue weighted by Gasteiger charge is -2.38. The van der Waals surface area contributed by atoms with E-state index in [4.69, 9.17) is 0 Å². The number of carbonyl (C=O) groups excluding carboxylic acids is 3. The first-order valence-corrected chi connectivity index (χ1v) is 6.13. The average molecular weight is 268 g/mol. The van der Waals surface area contributed by atoms with Crippen molar-refractivity contribution >= 4 is 17.7 Å². The predicted molar refractivity (Wildman–Crippen MR) is 68.2 cm³/mol. The summed E-state index contributed by atoms with van der Waals surface area (Å²) >= 11 is 0. The number of methoxy groups -OCH3 is 2. The Morgan fingerprint density at radius 1 is 1.26 bits per heavy atom. The van der Waals surface area contributed by atoms with Crippen LogP contribution in [-0.2, 0) is 23.9 Å². The molecule has 1 rings (SSSR count). The van der Waals surface area contributed by atoms with E-state index in [2.05, 4.69) is 9.47 Å². The molecule has 1 aliphatic rings. The SMILES string of the molecule is COC(=O)C(C(=O)OC)C1CC(=O)C(C)=CC1(C)C. The molecule has 106 valence electrons. The number of rotatable bonds is 3. The Kier molecular flexibility index (Phi) is 4.50. The molecule has 0 fully saturated rings. The topological polar surface area (TPSA) is 69.7 Å². The number of hydrogen-bond donors (Lipinski definition) is 0. The highest BCUT2D eigenvalue weighted by Gasteiger charge is 2.47. The summed E-state index contributed by atoms with van der Waals surface area (Å²) in [6, 6.07) is 0. The van der Waals surface area contributed by atoms with Gasteiger partial charge in [0.05, 0.1) is 14.2 Å². The first kappa shape index (κ1) is 15.4. The van der Waals surface area contributed by atoms with Gasteiger partial charge in [-0.2, -0.15) is 0 Å². The van der Waals surface area contributed by atoms with E-state index >= 15 is 0 Å². The fourth-order valence-electron chi connectivity index (χ4n) is 2.60. The van der Waals surface area contributed by atoms with Gasteiger partial charge in [0, 0.05) is 6.42 Å². The van der Waals surface area contributed by atoms with Crippen molar-refractivity contribution in [3.63, 3.8) is 0 Å². The van der Waals surface area contributed by atoms with Crippen LogP contribution in [0.25, 0.3) is 0 Å². The lowest BCUT2D eigenvalue weighted by atomic mass is 9.65. The quantitative estimate of drug-likeness (QED) is 0.573. The van der Waals surface area contributed by atoms with E-state index in [0.717, 1.165) is 0 Å². The Hall–Kier alpha value is -1.65. The van der Waals surface area contributed by atoms with E-state index < -0.39 is 29.2 Å². The smallest absolute Gasteiger partial charge is 0.320 e. The lowest BCUT2D eigenvalue weighted by Crippen LogP contribution is -2.43. The molecule has 0 spiro atoms. The third-order valence-corrected chi connectivity index (χ3v) is 3.70. The van der Waals surface area contributed by atoms with Gasteiger partial charge >= 0.3 is 11.9 Å². The predicted octanol–water partition coefficient (Wildman–Crippen LogP) is 1.51. The standard InChI is InChI=1S/C14H20O5/c1-8-7-14(2,3)9(6-10(8)15)11(12(16)18-4)13(17)19-5/h7,9,11H,6H2,1-5H3. The normalized spacial score (nSPS) is 21.9. The number of Topliss-reactive ketones (excluding diaryl/α,β-unsaturated/α-hetero) is 1. The molecule has 0 bridgehead atoms. The molecule has 0 amide bonds. The van der Waals surface area contributed by atoms with Crippen LogP contribution in [0.15, 0.2) is 11.6 Å². The highest BCUT2D eigenvalue weighted by molar-refractivity contribution is 5.99. The van der Waals surface area contributed by atoms with Crippen molar-refractivity contribution in [1.82, 2.24) is 0 Å². The molecular formula is C14H20O5. The Morgan fingerprint density at radius 2 is 1.74 bits per heavy atom. The minimum atomic E-state index is -1.07. The number of esters is 2. The van der Waals surface area contributed by atoms with Crippen molar-refractivity contribution in [2.24, 2.45) is 17.3 Å². The second-order valence-electron chi connectivity index (χ2n) is 5.41. The first-order chi connectivity index (χ1) is 8.74. The molecule has 0 heterocycles. The van der Waals surface area contributed by atoms with Crippen LogP contribution >= 0.6 is 0 Å². The van der Waals surface area contributed by atoms with Crippen molar-refractivity contribution in [3.05, 3.63) is 11.6 Å². The maximum atomic E-state index is 11.8. The van der Waals surface area contributed by atoms with Crippen molar-refractivity contribution in [2.45, 2.75) is 27.2 Å². The fourth-order valence-corrected chi connectivity index (χ4v) is 2.60. The van der Waals surface area contributed by atoms with Crippen LogP contribution in [0.4, 0.5) is 0 Å².